The Hall–Kier alpha value is -0.560. The summed E-state index contributed by atoms with van der Waals surface area (Å²) in [4.78, 5) is 18.0. The Bertz CT molecular complexity index is 559. The van der Waals surface area contributed by atoms with Crippen molar-refractivity contribution in [3.63, 3.8) is 0 Å². The molecule has 0 unspecified atom stereocenters. The third-order valence-electron chi connectivity index (χ3n) is 4.38. The van der Waals surface area contributed by atoms with Crippen molar-refractivity contribution >= 4 is 33.6 Å². The molecule has 24 heavy (non-hydrogen) atoms. The van der Waals surface area contributed by atoms with E-state index in [1.165, 1.54) is 16.0 Å². The van der Waals surface area contributed by atoms with Crippen molar-refractivity contribution < 1.29 is 4.79 Å². The molecule has 0 bridgehead atoms. The lowest BCUT2D eigenvalue weighted by Gasteiger charge is -2.32. The van der Waals surface area contributed by atoms with Crippen LogP contribution in [0.25, 0.3) is 0 Å². The number of likely N-dealkylation sites (N-methyl/N-ethyl adjacent to an activating group) is 1. The van der Waals surface area contributed by atoms with E-state index in [-0.39, 0.29) is 5.91 Å². The molecule has 1 N–H and O–H groups in total. The highest BCUT2D eigenvalue weighted by atomic mass is 79.9. The maximum atomic E-state index is 12.0. The SMILES string of the molecule is Cc1cc(SCC(=O)NCCCN2CCN(C)CC2)c(C)cc1Br. The number of nitrogens with one attached hydrogen (secondary N) is 1. The van der Waals surface area contributed by atoms with E-state index < -0.39 is 0 Å². The topological polar surface area (TPSA) is 35.6 Å². The van der Waals surface area contributed by atoms with Crippen LogP contribution in [0.3, 0.4) is 0 Å². The standard InChI is InChI=1S/C18H28BrN3OS/c1-14-12-17(15(2)11-16(14)19)24-13-18(23)20-5-4-6-22-9-7-21(3)8-10-22/h11-12H,4-10,13H2,1-3H3,(H,20,23). The molecule has 1 aromatic carbocycles. The van der Waals surface area contributed by atoms with Crippen molar-refractivity contribution in [1.29, 1.82) is 0 Å². The number of piperazine rings is 1. The van der Waals surface area contributed by atoms with E-state index in [4.69, 9.17) is 0 Å². The van der Waals surface area contributed by atoms with Crippen LogP contribution in [0.2, 0.25) is 0 Å². The van der Waals surface area contributed by atoms with Gasteiger partial charge in [0.1, 0.15) is 0 Å². The van der Waals surface area contributed by atoms with Crippen LogP contribution >= 0.6 is 27.7 Å². The second-order valence-electron chi connectivity index (χ2n) is 6.50. The van der Waals surface area contributed by atoms with Crippen LogP contribution in [0.1, 0.15) is 17.5 Å². The van der Waals surface area contributed by atoms with E-state index >= 15 is 0 Å². The summed E-state index contributed by atoms with van der Waals surface area (Å²) in [5.41, 5.74) is 2.41. The van der Waals surface area contributed by atoms with Gasteiger partial charge in [0.2, 0.25) is 5.91 Å². The lowest BCUT2D eigenvalue weighted by Crippen LogP contribution is -2.45. The van der Waals surface area contributed by atoms with Gasteiger partial charge in [0.25, 0.3) is 0 Å². The zero-order valence-electron chi connectivity index (χ0n) is 14.9. The molecule has 4 nitrogen and oxygen atoms in total. The minimum absolute atomic E-state index is 0.123. The summed E-state index contributed by atoms with van der Waals surface area (Å²) in [7, 11) is 2.17. The molecule has 1 fully saturated rings. The summed E-state index contributed by atoms with van der Waals surface area (Å²) in [5.74, 6) is 0.606. The first-order valence-electron chi connectivity index (χ1n) is 8.53. The molecule has 2 rings (SSSR count). The van der Waals surface area contributed by atoms with Crippen molar-refractivity contribution in [2.24, 2.45) is 0 Å². The molecule has 1 aromatic rings. The van der Waals surface area contributed by atoms with Crippen molar-refractivity contribution in [1.82, 2.24) is 15.1 Å². The summed E-state index contributed by atoms with van der Waals surface area (Å²) in [6.07, 6.45) is 1.02. The molecule has 1 amide bonds. The maximum Gasteiger partial charge on any atom is 0.230 e. The molecule has 0 atom stereocenters. The van der Waals surface area contributed by atoms with Crippen LogP contribution in [0.4, 0.5) is 0 Å². The lowest BCUT2D eigenvalue weighted by atomic mass is 10.2. The van der Waals surface area contributed by atoms with Gasteiger partial charge in [-0.2, -0.15) is 0 Å². The summed E-state index contributed by atoms with van der Waals surface area (Å²) in [5, 5.41) is 3.04. The quantitative estimate of drug-likeness (QED) is 0.550. The number of nitrogens with zero attached hydrogens (tertiary/aromatic N) is 2. The largest absolute Gasteiger partial charge is 0.355 e. The fraction of sp³-hybridized carbons (Fsp3) is 0.611. The van der Waals surface area contributed by atoms with Gasteiger partial charge in [-0.1, -0.05) is 15.9 Å². The molecule has 0 aromatic heterocycles. The fourth-order valence-electron chi connectivity index (χ4n) is 2.71. The fourth-order valence-corrected chi connectivity index (χ4v) is 4.10. The number of carbonyl (C=O) groups is 1. The lowest BCUT2D eigenvalue weighted by molar-refractivity contribution is -0.118. The highest BCUT2D eigenvalue weighted by Gasteiger charge is 2.13. The Kier molecular flexibility index (Phi) is 8.07. The van der Waals surface area contributed by atoms with E-state index in [0.717, 1.165) is 50.2 Å². The van der Waals surface area contributed by atoms with Gasteiger partial charge in [0.05, 0.1) is 5.75 Å². The highest BCUT2D eigenvalue weighted by Crippen LogP contribution is 2.28. The second kappa shape index (κ2) is 9.80. The number of carbonyl (C=O) groups excluding carboxylic acids is 1. The Labute approximate surface area is 158 Å². The molecule has 1 aliphatic rings. The number of hydrogen-bond donors (Lipinski definition) is 1. The number of hydrogen-bond acceptors (Lipinski definition) is 4. The molecule has 1 saturated heterocycles. The molecule has 0 saturated carbocycles. The predicted molar refractivity (Wildman–Crippen MR) is 106 cm³/mol. The van der Waals surface area contributed by atoms with E-state index in [9.17, 15) is 4.79 Å². The monoisotopic (exact) mass is 413 g/mol. The van der Waals surface area contributed by atoms with Crippen LogP contribution in [0.5, 0.6) is 0 Å². The predicted octanol–water partition coefficient (Wildman–Crippen LogP) is 2.91. The van der Waals surface area contributed by atoms with Crippen molar-refractivity contribution in [3.8, 4) is 0 Å². The number of benzene rings is 1. The Morgan fingerprint density at radius 3 is 2.62 bits per heavy atom. The van der Waals surface area contributed by atoms with Gasteiger partial charge in [-0.15, -0.1) is 11.8 Å². The van der Waals surface area contributed by atoms with E-state index in [1.807, 2.05) is 0 Å². The second-order valence-corrected chi connectivity index (χ2v) is 8.38. The first kappa shape index (κ1) is 19.8. The van der Waals surface area contributed by atoms with Gasteiger partial charge >= 0.3 is 0 Å². The Morgan fingerprint density at radius 2 is 1.92 bits per heavy atom. The molecule has 1 aliphatic heterocycles. The molecular weight excluding hydrogens is 386 g/mol. The van der Waals surface area contributed by atoms with Crippen molar-refractivity contribution in [3.05, 3.63) is 27.7 Å². The van der Waals surface area contributed by atoms with Crippen LogP contribution in [0.15, 0.2) is 21.5 Å². The highest BCUT2D eigenvalue weighted by molar-refractivity contribution is 9.10. The average Bonchev–Trinajstić information content (AvgIpc) is 2.55. The smallest absolute Gasteiger partial charge is 0.230 e. The Morgan fingerprint density at radius 1 is 1.21 bits per heavy atom. The average molecular weight is 414 g/mol. The van der Waals surface area contributed by atoms with Gasteiger partial charge in [0, 0.05) is 42.1 Å². The zero-order chi connectivity index (χ0) is 17.5. The summed E-state index contributed by atoms with van der Waals surface area (Å²) >= 11 is 5.16. The third-order valence-corrected chi connectivity index (χ3v) is 6.40. The number of rotatable bonds is 7. The molecule has 6 heteroatoms. The van der Waals surface area contributed by atoms with Gasteiger partial charge < -0.3 is 15.1 Å². The number of thioether (sulfide) groups is 1. The minimum Gasteiger partial charge on any atom is -0.355 e. The van der Waals surface area contributed by atoms with Crippen molar-refractivity contribution in [2.75, 3.05) is 52.1 Å². The molecule has 0 radical (unpaired) electrons. The van der Waals surface area contributed by atoms with Crippen LogP contribution in [-0.2, 0) is 4.79 Å². The molecule has 134 valence electrons. The van der Waals surface area contributed by atoms with Crippen LogP contribution in [0, 0.1) is 13.8 Å². The third kappa shape index (κ3) is 6.39. The molecular formula is C18H28BrN3OS. The van der Waals surface area contributed by atoms with Gasteiger partial charge in [-0.3, -0.25) is 4.79 Å². The van der Waals surface area contributed by atoms with Gasteiger partial charge in [-0.25, -0.2) is 0 Å². The van der Waals surface area contributed by atoms with Crippen molar-refractivity contribution in [2.45, 2.75) is 25.2 Å². The van der Waals surface area contributed by atoms with E-state index in [1.54, 1.807) is 11.8 Å². The summed E-state index contributed by atoms with van der Waals surface area (Å²) in [6.45, 7) is 10.6. The zero-order valence-corrected chi connectivity index (χ0v) is 17.3. The number of amides is 1. The van der Waals surface area contributed by atoms with Crippen LogP contribution < -0.4 is 5.32 Å². The van der Waals surface area contributed by atoms with Gasteiger partial charge in [-0.05, 0) is 57.1 Å². The van der Waals surface area contributed by atoms with Crippen LogP contribution in [-0.4, -0.2) is 67.8 Å². The maximum absolute atomic E-state index is 12.0. The normalized spacial score (nSPS) is 16.3. The van der Waals surface area contributed by atoms with Gasteiger partial charge in [0.15, 0.2) is 0 Å². The number of halogens is 1. The first-order chi connectivity index (χ1) is 11.5. The van der Waals surface area contributed by atoms with E-state index in [0.29, 0.717) is 5.75 Å². The first-order valence-corrected chi connectivity index (χ1v) is 10.3. The Balaban J connectivity index is 1.62. The molecule has 0 aliphatic carbocycles. The number of aryl methyl sites for hydroxylation is 2. The van der Waals surface area contributed by atoms with E-state index in [2.05, 4.69) is 64.1 Å². The molecule has 1 heterocycles. The minimum atomic E-state index is 0.123. The molecule has 0 spiro atoms. The summed E-state index contributed by atoms with van der Waals surface area (Å²) in [6, 6.07) is 4.26. The summed E-state index contributed by atoms with van der Waals surface area (Å²) < 4.78 is 1.12.